The van der Waals surface area contributed by atoms with Gasteiger partial charge in [0.15, 0.2) is 0 Å². The Morgan fingerprint density at radius 3 is 2.55 bits per heavy atom. The summed E-state index contributed by atoms with van der Waals surface area (Å²) in [6.07, 6.45) is 1.67. The van der Waals surface area contributed by atoms with Crippen molar-refractivity contribution in [1.82, 2.24) is 4.72 Å². The topological polar surface area (TPSA) is 89.3 Å². The zero-order valence-corrected chi connectivity index (χ0v) is 12.7. The molecule has 0 aliphatic carbocycles. The highest BCUT2D eigenvalue weighted by atomic mass is 32.2. The summed E-state index contributed by atoms with van der Waals surface area (Å²) in [5, 5.41) is 10.8. The fraction of sp³-hybridized carbons (Fsp3) is 0.538. The monoisotopic (exact) mass is 300 g/mol. The summed E-state index contributed by atoms with van der Waals surface area (Å²) in [4.78, 5) is 10.2. The van der Waals surface area contributed by atoms with Crippen LogP contribution in [0.5, 0.6) is 0 Å². The van der Waals surface area contributed by atoms with E-state index in [0.29, 0.717) is 18.0 Å². The Kier molecular flexibility index (Phi) is 5.64. The third-order valence-electron chi connectivity index (χ3n) is 2.94. The number of nitrogens with zero attached hydrogens (tertiary/aromatic N) is 1. The zero-order valence-electron chi connectivity index (χ0n) is 11.9. The third kappa shape index (κ3) is 4.57. The third-order valence-corrected chi connectivity index (χ3v) is 4.40. The van der Waals surface area contributed by atoms with E-state index in [1.54, 1.807) is 6.92 Å². The second-order valence-corrected chi connectivity index (χ2v) is 6.91. The molecule has 0 amide bonds. The lowest BCUT2D eigenvalue weighted by Crippen LogP contribution is -2.25. The highest BCUT2D eigenvalue weighted by Gasteiger charge is 2.19. The highest BCUT2D eigenvalue weighted by molar-refractivity contribution is 7.89. The predicted octanol–water partition coefficient (Wildman–Crippen LogP) is 2.62. The number of nitro benzene ring substituents is 1. The molecule has 1 rings (SSSR count). The van der Waals surface area contributed by atoms with Crippen LogP contribution in [0, 0.1) is 23.0 Å². The van der Waals surface area contributed by atoms with Gasteiger partial charge < -0.3 is 0 Å². The van der Waals surface area contributed by atoms with E-state index in [1.807, 2.05) is 0 Å². The first-order chi connectivity index (χ1) is 9.24. The van der Waals surface area contributed by atoms with Gasteiger partial charge in [0.1, 0.15) is 0 Å². The Bertz CT molecular complexity index is 582. The number of hydrogen-bond donors (Lipinski definition) is 1. The summed E-state index contributed by atoms with van der Waals surface area (Å²) >= 11 is 0. The summed E-state index contributed by atoms with van der Waals surface area (Å²) in [5.41, 5.74) is 0.254. The molecule has 0 radical (unpaired) electrons. The van der Waals surface area contributed by atoms with Gasteiger partial charge in [-0.1, -0.05) is 19.9 Å². The standard InChI is InChI=1S/C13H20N2O4S/c1-10(2)5-4-8-14-20(18,19)12-7-6-11(3)13(9-12)15(16)17/h6-7,9-10,14H,4-5,8H2,1-3H3. The van der Waals surface area contributed by atoms with Crippen LogP contribution < -0.4 is 4.72 Å². The molecule has 6 nitrogen and oxygen atoms in total. The summed E-state index contributed by atoms with van der Waals surface area (Å²) in [6, 6.07) is 3.92. The van der Waals surface area contributed by atoms with Crippen LogP contribution in [0.15, 0.2) is 23.1 Å². The summed E-state index contributed by atoms with van der Waals surface area (Å²) < 4.78 is 26.5. The van der Waals surface area contributed by atoms with E-state index in [4.69, 9.17) is 0 Å². The largest absolute Gasteiger partial charge is 0.273 e. The van der Waals surface area contributed by atoms with Crippen LogP contribution in [0.4, 0.5) is 5.69 Å². The molecule has 0 aliphatic rings. The number of hydrogen-bond acceptors (Lipinski definition) is 4. The summed E-state index contributed by atoms with van der Waals surface area (Å²) in [5.74, 6) is 0.514. The zero-order chi connectivity index (χ0) is 15.3. The van der Waals surface area contributed by atoms with E-state index >= 15 is 0 Å². The Labute approximate surface area is 119 Å². The van der Waals surface area contributed by atoms with Crippen LogP contribution in [0.25, 0.3) is 0 Å². The van der Waals surface area contributed by atoms with Crippen LogP contribution in [0.1, 0.15) is 32.3 Å². The van der Waals surface area contributed by atoms with Crippen molar-refractivity contribution in [1.29, 1.82) is 0 Å². The lowest BCUT2D eigenvalue weighted by atomic mass is 10.1. The van der Waals surface area contributed by atoms with Gasteiger partial charge in [0.05, 0.1) is 9.82 Å². The van der Waals surface area contributed by atoms with Gasteiger partial charge in [-0.3, -0.25) is 10.1 Å². The minimum absolute atomic E-state index is 0.0700. The van der Waals surface area contributed by atoms with Gasteiger partial charge in [-0.05, 0) is 31.7 Å². The SMILES string of the molecule is Cc1ccc(S(=O)(=O)NCCCC(C)C)cc1[N+](=O)[O-]. The van der Waals surface area contributed by atoms with E-state index in [0.717, 1.165) is 18.9 Å². The normalized spacial score (nSPS) is 11.8. The van der Waals surface area contributed by atoms with Crippen molar-refractivity contribution in [3.8, 4) is 0 Å². The van der Waals surface area contributed by atoms with E-state index in [2.05, 4.69) is 18.6 Å². The molecule has 1 aromatic rings. The molecule has 7 heteroatoms. The number of nitrogens with one attached hydrogen (secondary N) is 1. The number of sulfonamides is 1. The average Bonchev–Trinajstić information content (AvgIpc) is 2.34. The van der Waals surface area contributed by atoms with Crippen molar-refractivity contribution in [2.24, 2.45) is 5.92 Å². The number of nitro groups is 1. The first-order valence-corrected chi connectivity index (χ1v) is 7.97. The highest BCUT2D eigenvalue weighted by Crippen LogP contribution is 2.22. The Balaban J connectivity index is 2.82. The van der Waals surface area contributed by atoms with Crippen molar-refractivity contribution in [3.63, 3.8) is 0 Å². The molecule has 1 aromatic carbocycles. The van der Waals surface area contributed by atoms with E-state index in [-0.39, 0.29) is 10.6 Å². The Morgan fingerprint density at radius 1 is 1.35 bits per heavy atom. The maximum absolute atomic E-state index is 12.0. The van der Waals surface area contributed by atoms with Crippen LogP contribution in [-0.4, -0.2) is 19.9 Å². The number of benzene rings is 1. The van der Waals surface area contributed by atoms with Gasteiger partial charge in [-0.2, -0.15) is 0 Å². The summed E-state index contributed by atoms with van der Waals surface area (Å²) in [7, 11) is -3.69. The molecule has 0 saturated heterocycles. The molecule has 0 saturated carbocycles. The van der Waals surface area contributed by atoms with Crippen LogP contribution in [-0.2, 0) is 10.0 Å². The maximum atomic E-state index is 12.0. The van der Waals surface area contributed by atoms with Crippen LogP contribution in [0.2, 0.25) is 0 Å². The molecule has 0 heterocycles. The minimum atomic E-state index is -3.69. The fourth-order valence-corrected chi connectivity index (χ4v) is 2.85. The van der Waals surface area contributed by atoms with Gasteiger partial charge in [0.2, 0.25) is 10.0 Å². The van der Waals surface area contributed by atoms with E-state index in [9.17, 15) is 18.5 Å². The molecular formula is C13H20N2O4S. The molecule has 0 unspecified atom stereocenters. The molecule has 0 spiro atoms. The molecule has 0 fully saturated rings. The second-order valence-electron chi connectivity index (χ2n) is 5.14. The van der Waals surface area contributed by atoms with Gasteiger partial charge in [-0.15, -0.1) is 0 Å². The second kappa shape index (κ2) is 6.81. The quantitative estimate of drug-likeness (QED) is 0.476. The molecule has 1 N–H and O–H groups in total. The average molecular weight is 300 g/mol. The van der Waals surface area contributed by atoms with E-state index < -0.39 is 14.9 Å². The maximum Gasteiger partial charge on any atom is 0.273 e. The van der Waals surface area contributed by atoms with Crippen molar-refractivity contribution in [2.45, 2.75) is 38.5 Å². The number of aryl methyl sites for hydroxylation is 1. The number of rotatable bonds is 7. The molecular weight excluding hydrogens is 280 g/mol. The smallest absolute Gasteiger partial charge is 0.258 e. The van der Waals surface area contributed by atoms with Gasteiger partial charge >= 0.3 is 0 Å². The molecule has 112 valence electrons. The first-order valence-electron chi connectivity index (χ1n) is 6.48. The van der Waals surface area contributed by atoms with Gasteiger partial charge in [0.25, 0.3) is 5.69 Å². The molecule has 0 aliphatic heterocycles. The van der Waals surface area contributed by atoms with Crippen molar-refractivity contribution in [3.05, 3.63) is 33.9 Å². The Hall–Kier alpha value is -1.47. The van der Waals surface area contributed by atoms with Crippen molar-refractivity contribution < 1.29 is 13.3 Å². The van der Waals surface area contributed by atoms with Gasteiger partial charge in [-0.25, -0.2) is 13.1 Å². The van der Waals surface area contributed by atoms with Crippen LogP contribution in [0.3, 0.4) is 0 Å². The van der Waals surface area contributed by atoms with Crippen LogP contribution >= 0.6 is 0 Å². The predicted molar refractivity (Wildman–Crippen MR) is 77.1 cm³/mol. The van der Waals surface area contributed by atoms with Gasteiger partial charge in [0, 0.05) is 18.2 Å². The lowest BCUT2D eigenvalue weighted by molar-refractivity contribution is -0.385. The lowest BCUT2D eigenvalue weighted by Gasteiger charge is -2.08. The summed E-state index contributed by atoms with van der Waals surface area (Å²) in [6.45, 7) is 6.04. The first kappa shape index (κ1) is 16.6. The Morgan fingerprint density at radius 2 is 2.00 bits per heavy atom. The van der Waals surface area contributed by atoms with E-state index in [1.165, 1.54) is 12.1 Å². The van der Waals surface area contributed by atoms with Crippen molar-refractivity contribution >= 4 is 15.7 Å². The molecule has 0 bridgehead atoms. The van der Waals surface area contributed by atoms with Crippen molar-refractivity contribution in [2.75, 3.05) is 6.54 Å². The molecule has 0 atom stereocenters. The molecule has 20 heavy (non-hydrogen) atoms. The molecule has 0 aromatic heterocycles. The fourth-order valence-electron chi connectivity index (χ4n) is 1.75. The minimum Gasteiger partial charge on any atom is -0.258 e.